The molecule has 0 saturated carbocycles. The second kappa shape index (κ2) is 14.0. The van der Waals surface area contributed by atoms with Gasteiger partial charge in [-0.15, -0.1) is 0 Å². The van der Waals surface area contributed by atoms with Crippen molar-refractivity contribution in [3.05, 3.63) is 48.2 Å². The van der Waals surface area contributed by atoms with E-state index < -0.39 is 6.10 Å². The van der Waals surface area contributed by atoms with Gasteiger partial charge in [0.15, 0.2) is 0 Å². The van der Waals surface area contributed by atoms with Crippen LogP contribution in [0.1, 0.15) is 58.4 Å². The predicted octanol–water partition coefficient (Wildman–Crippen LogP) is 5.29. The lowest BCUT2D eigenvalue weighted by Crippen LogP contribution is -2.45. The zero-order valence-electron chi connectivity index (χ0n) is 22.3. The molecule has 3 rings (SSSR count). The van der Waals surface area contributed by atoms with Crippen molar-refractivity contribution in [2.75, 3.05) is 38.2 Å². The van der Waals surface area contributed by atoms with E-state index in [9.17, 15) is 9.59 Å². The molecule has 196 valence electrons. The van der Waals surface area contributed by atoms with E-state index in [0.29, 0.717) is 25.5 Å². The van der Waals surface area contributed by atoms with Crippen molar-refractivity contribution in [3.63, 3.8) is 0 Å². The quantitative estimate of drug-likeness (QED) is 0.431. The molecular weight excluding hydrogens is 452 g/mol. The summed E-state index contributed by atoms with van der Waals surface area (Å²) in [5, 5.41) is 2.97. The molecule has 0 spiro atoms. The fourth-order valence-corrected chi connectivity index (χ4v) is 4.46. The standard InChI is InChI=1S/C29H42N4O3/c1-5-7-8-16-30-29(35)32(4)25-11-9-10-24(20-25)26-13-12-23(21-31-26)19-27(36-6-2)28(34)33-17-14-22(3)15-18-33/h9-13,20-22,27H,5-8,14-19H2,1-4H3,(H,30,35). The molecule has 1 fully saturated rings. The number of pyridine rings is 1. The van der Waals surface area contributed by atoms with Crippen LogP contribution in [0.3, 0.4) is 0 Å². The number of hydrogen-bond acceptors (Lipinski definition) is 4. The van der Waals surface area contributed by atoms with E-state index in [-0.39, 0.29) is 11.9 Å². The van der Waals surface area contributed by atoms with Crippen molar-refractivity contribution in [1.29, 1.82) is 0 Å². The summed E-state index contributed by atoms with van der Waals surface area (Å²) in [5.74, 6) is 0.756. The van der Waals surface area contributed by atoms with E-state index in [4.69, 9.17) is 4.74 Å². The molecule has 1 saturated heterocycles. The summed E-state index contributed by atoms with van der Waals surface area (Å²) in [5.41, 5.74) is 3.53. The van der Waals surface area contributed by atoms with Crippen molar-refractivity contribution in [3.8, 4) is 11.3 Å². The lowest BCUT2D eigenvalue weighted by atomic mass is 9.98. The van der Waals surface area contributed by atoms with E-state index in [1.54, 1.807) is 11.9 Å². The Labute approximate surface area is 216 Å². The number of hydrogen-bond donors (Lipinski definition) is 1. The van der Waals surface area contributed by atoms with Crippen LogP contribution in [0.25, 0.3) is 11.3 Å². The number of rotatable bonds is 11. The minimum atomic E-state index is -0.483. The van der Waals surface area contributed by atoms with Crippen LogP contribution in [0.4, 0.5) is 10.5 Å². The zero-order valence-corrected chi connectivity index (χ0v) is 22.3. The molecule has 2 aromatic rings. The van der Waals surface area contributed by atoms with E-state index in [1.165, 1.54) is 0 Å². The van der Waals surface area contributed by atoms with Crippen LogP contribution in [-0.4, -0.2) is 61.2 Å². The van der Waals surface area contributed by atoms with Gasteiger partial charge in [-0.1, -0.05) is 44.9 Å². The average Bonchev–Trinajstić information content (AvgIpc) is 2.91. The fraction of sp³-hybridized carbons (Fsp3) is 0.552. The van der Waals surface area contributed by atoms with Crippen molar-refractivity contribution < 1.29 is 14.3 Å². The number of benzene rings is 1. The Hall–Kier alpha value is -2.93. The molecule has 1 N–H and O–H groups in total. The predicted molar refractivity (Wildman–Crippen MR) is 145 cm³/mol. The second-order valence-corrected chi connectivity index (χ2v) is 9.76. The Kier molecular flexibility index (Phi) is 10.7. The van der Waals surface area contributed by atoms with Gasteiger partial charge in [0.05, 0.1) is 5.69 Å². The third-order valence-electron chi connectivity index (χ3n) is 6.87. The molecule has 7 heteroatoms. The Bertz CT molecular complexity index is 971. The third-order valence-corrected chi connectivity index (χ3v) is 6.87. The molecule has 2 heterocycles. The van der Waals surface area contributed by atoms with Gasteiger partial charge >= 0.3 is 6.03 Å². The largest absolute Gasteiger partial charge is 0.368 e. The maximum atomic E-state index is 13.1. The minimum absolute atomic E-state index is 0.0801. The summed E-state index contributed by atoms with van der Waals surface area (Å²) >= 11 is 0. The molecule has 0 aliphatic carbocycles. The summed E-state index contributed by atoms with van der Waals surface area (Å²) in [6, 6.07) is 11.7. The number of likely N-dealkylation sites (tertiary alicyclic amines) is 1. The average molecular weight is 495 g/mol. The lowest BCUT2D eigenvalue weighted by Gasteiger charge is -2.33. The van der Waals surface area contributed by atoms with E-state index in [0.717, 1.165) is 67.7 Å². The normalized spacial score (nSPS) is 14.9. The molecule has 1 aromatic carbocycles. The molecule has 1 unspecified atom stereocenters. The smallest absolute Gasteiger partial charge is 0.321 e. The summed E-state index contributed by atoms with van der Waals surface area (Å²) in [7, 11) is 1.78. The fourth-order valence-electron chi connectivity index (χ4n) is 4.46. The van der Waals surface area contributed by atoms with Gasteiger partial charge in [-0.2, -0.15) is 0 Å². The molecule has 1 aromatic heterocycles. The molecule has 0 radical (unpaired) electrons. The number of urea groups is 1. The topological polar surface area (TPSA) is 74.8 Å². The maximum Gasteiger partial charge on any atom is 0.321 e. The molecule has 1 aliphatic rings. The first-order chi connectivity index (χ1) is 17.4. The number of ether oxygens (including phenoxy) is 1. The van der Waals surface area contributed by atoms with E-state index in [1.807, 2.05) is 54.4 Å². The Morgan fingerprint density at radius 2 is 1.94 bits per heavy atom. The van der Waals surface area contributed by atoms with E-state index in [2.05, 4.69) is 24.1 Å². The third kappa shape index (κ3) is 7.79. The van der Waals surface area contributed by atoms with Gasteiger partial charge in [0.1, 0.15) is 6.10 Å². The van der Waals surface area contributed by atoms with Crippen LogP contribution in [-0.2, 0) is 16.0 Å². The van der Waals surface area contributed by atoms with Gasteiger partial charge in [0, 0.05) is 57.2 Å². The number of nitrogens with one attached hydrogen (secondary N) is 1. The Morgan fingerprint density at radius 1 is 1.17 bits per heavy atom. The second-order valence-electron chi connectivity index (χ2n) is 9.76. The van der Waals surface area contributed by atoms with Crippen molar-refractivity contribution in [2.45, 2.75) is 65.4 Å². The summed E-state index contributed by atoms with van der Waals surface area (Å²) in [6.07, 6.45) is 7.17. The highest BCUT2D eigenvalue weighted by Gasteiger charge is 2.28. The number of unbranched alkanes of at least 4 members (excludes halogenated alkanes) is 2. The lowest BCUT2D eigenvalue weighted by molar-refractivity contribution is -0.144. The van der Waals surface area contributed by atoms with Gasteiger partial charge in [-0.3, -0.25) is 14.7 Å². The van der Waals surface area contributed by atoms with Crippen molar-refractivity contribution in [1.82, 2.24) is 15.2 Å². The first-order valence-corrected chi connectivity index (χ1v) is 13.4. The van der Waals surface area contributed by atoms with Gasteiger partial charge in [-0.05, 0) is 55.9 Å². The molecular formula is C29H42N4O3. The Balaban J connectivity index is 1.64. The number of aromatic nitrogens is 1. The number of amides is 3. The molecule has 1 atom stereocenters. The van der Waals surface area contributed by atoms with Gasteiger partial charge in [-0.25, -0.2) is 4.79 Å². The van der Waals surface area contributed by atoms with Crippen LogP contribution in [0.5, 0.6) is 0 Å². The first-order valence-electron chi connectivity index (χ1n) is 13.4. The highest BCUT2D eigenvalue weighted by molar-refractivity contribution is 5.92. The van der Waals surface area contributed by atoms with Gasteiger partial charge in [0.2, 0.25) is 0 Å². The van der Waals surface area contributed by atoms with Crippen molar-refractivity contribution in [2.24, 2.45) is 5.92 Å². The number of nitrogens with zero attached hydrogens (tertiary/aromatic N) is 3. The minimum Gasteiger partial charge on any atom is -0.368 e. The highest BCUT2D eigenvalue weighted by Crippen LogP contribution is 2.24. The molecule has 7 nitrogen and oxygen atoms in total. The number of carbonyl (C=O) groups excluding carboxylic acids is 2. The van der Waals surface area contributed by atoms with Crippen LogP contribution in [0, 0.1) is 5.92 Å². The van der Waals surface area contributed by atoms with Crippen LogP contribution < -0.4 is 10.2 Å². The van der Waals surface area contributed by atoms with Gasteiger partial charge < -0.3 is 15.0 Å². The van der Waals surface area contributed by atoms with Crippen molar-refractivity contribution >= 4 is 17.6 Å². The molecule has 0 bridgehead atoms. The van der Waals surface area contributed by atoms with Gasteiger partial charge in [0.25, 0.3) is 5.91 Å². The first kappa shape index (κ1) is 27.7. The zero-order chi connectivity index (χ0) is 25.9. The number of piperidine rings is 1. The van der Waals surface area contributed by atoms with E-state index >= 15 is 0 Å². The SMILES string of the molecule is CCCCCNC(=O)N(C)c1cccc(-c2ccc(CC(OCC)C(=O)N3CCC(C)CC3)cn2)c1. The summed E-state index contributed by atoms with van der Waals surface area (Å²) < 4.78 is 5.85. The van der Waals surface area contributed by atoms with Crippen LogP contribution >= 0.6 is 0 Å². The highest BCUT2D eigenvalue weighted by atomic mass is 16.5. The molecule has 36 heavy (non-hydrogen) atoms. The monoisotopic (exact) mass is 494 g/mol. The van der Waals surface area contributed by atoms with Crippen LogP contribution in [0.2, 0.25) is 0 Å². The Morgan fingerprint density at radius 3 is 2.61 bits per heavy atom. The molecule has 3 amide bonds. The summed E-state index contributed by atoms with van der Waals surface area (Å²) in [6.45, 7) is 9.11. The maximum absolute atomic E-state index is 13.1. The number of carbonyl (C=O) groups is 2. The summed E-state index contributed by atoms with van der Waals surface area (Å²) in [4.78, 5) is 33.8. The molecule has 1 aliphatic heterocycles. The van der Waals surface area contributed by atoms with Crippen LogP contribution in [0.15, 0.2) is 42.6 Å². The number of anilines is 1.